The van der Waals surface area contributed by atoms with Crippen molar-refractivity contribution in [2.24, 2.45) is 11.7 Å². The van der Waals surface area contributed by atoms with Gasteiger partial charge in [-0.1, -0.05) is 19.3 Å². The van der Waals surface area contributed by atoms with Crippen LogP contribution in [0.3, 0.4) is 0 Å². The number of benzene rings is 1. The van der Waals surface area contributed by atoms with Gasteiger partial charge in [0.15, 0.2) is 0 Å². The molecule has 0 unspecified atom stereocenters. The first-order valence-corrected chi connectivity index (χ1v) is 11.5. The summed E-state index contributed by atoms with van der Waals surface area (Å²) >= 11 is 0. The molecule has 4 aliphatic rings. The molecule has 5 nitrogen and oxygen atoms in total. The number of hydrogen-bond donors (Lipinski definition) is 1. The number of nitrogens with two attached hydrogens (primary N) is 1. The third-order valence-electron chi connectivity index (χ3n) is 7.50. The maximum absolute atomic E-state index is 14.2. The van der Waals surface area contributed by atoms with E-state index in [4.69, 9.17) is 10.5 Å². The highest BCUT2D eigenvalue weighted by molar-refractivity contribution is 5.80. The van der Waals surface area contributed by atoms with Gasteiger partial charge in [-0.3, -0.25) is 9.69 Å². The van der Waals surface area contributed by atoms with E-state index in [1.165, 1.54) is 36.5 Å². The van der Waals surface area contributed by atoms with E-state index < -0.39 is 23.8 Å². The third-order valence-corrected chi connectivity index (χ3v) is 7.50. The van der Waals surface area contributed by atoms with Gasteiger partial charge in [-0.05, 0) is 48.6 Å². The molecule has 0 aromatic heterocycles. The molecule has 1 saturated heterocycles. The Labute approximate surface area is 182 Å². The number of nitrogens with zero attached hydrogens (tertiary/aromatic N) is 2. The van der Waals surface area contributed by atoms with E-state index >= 15 is 0 Å². The number of ether oxygens (including phenoxy) is 1. The molecular weight excluding hydrogens is 400 g/mol. The molecule has 1 saturated carbocycles. The largest absolute Gasteiger partial charge is 0.370 e. The van der Waals surface area contributed by atoms with Gasteiger partial charge in [0, 0.05) is 49.7 Å². The van der Waals surface area contributed by atoms with Gasteiger partial charge in [0.1, 0.15) is 17.7 Å². The molecule has 1 aromatic rings. The molecule has 3 atom stereocenters. The van der Waals surface area contributed by atoms with Gasteiger partial charge >= 0.3 is 0 Å². The lowest BCUT2D eigenvalue weighted by atomic mass is 9.88. The van der Waals surface area contributed by atoms with Crippen LogP contribution in [0.1, 0.15) is 50.2 Å². The highest BCUT2D eigenvalue weighted by atomic mass is 19.1. The highest BCUT2D eigenvalue weighted by Crippen LogP contribution is 2.35. The fourth-order valence-corrected chi connectivity index (χ4v) is 5.78. The molecule has 7 heteroatoms. The maximum Gasteiger partial charge on any atom is 0.226 e. The topological polar surface area (TPSA) is 58.8 Å². The molecule has 0 bridgehead atoms. The Morgan fingerprint density at radius 3 is 2.42 bits per heavy atom. The van der Waals surface area contributed by atoms with Gasteiger partial charge in [-0.25, -0.2) is 8.78 Å². The van der Waals surface area contributed by atoms with E-state index in [9.17, 15) is 13.6 Å². The van der Waals surface area contributed by atoms with Crippen LogP contribution in [0, 0.1) is 17.6 Å². The van der Waals surface area contributed by atoms with Crippen LogP contribution in [0.5, 0.6) is 0 Å². The average molecular weight is 432 g/mol. The number of amides is 1. The van der Waals surface area contributed by atoms with Gasteiger partial charge in [-0.15, -0.1) is 0 Å². The van der Waals surface area contributed by atoms with Crippen LogP contribution >= 0.6 is 0 Å². The predicted molar refractivity (Wildman–Crippen MR) is 113 cm³/mol. The maximum atomic E-state index is 14.2. The minimum atomic E-state index is -0.627. The Morgan fingerprint density at radius 1 is 1.03 bits per heavy atom. The summed E-state index contributed by atoms with van der Waals surface area (Å²) < 4.78 is 33.7. The molecule has 0 radical (unpaired) electrons. The molecule has 1 aromatic carbocycles. The van der Waals surface area contributed by atoms with E-state index in [-0.39, 0.29) is 17.5 Å². The summed E-state index contributed by atoms with van der Waals surface area (Å²) in [6, 6.07) is 3.17. The van der Waals surface area contributed by atoms with Crippen molar-refractivity contribution in [3.8, 4) is 0 Å². The summed E-state index contributed by atoms with van der Waals surface area (Å²) in [5.74, 6) is -0.412. The zero-order chi connectivity index (χ0) is 21.5. The monoisotopic (exact) mass is 431 g/mol. The summed E-state index contributed by atoms with van der Waals surface area (Å²) in [5.41, 5.74) is 9.25. The van der Waals surface area contributed by atoms with Gasteiger partial charge in [-0.2, -0.15) is 0 Å². The second-order valence-corrected chi connectivity index (χ2v) is 9.61. The smallest absolute Gasteiger partial charge is 0.226 e. The molecule has 2 N–H and O–H groups in total. The van der Waals surface area contributed by atoms with Crippen molar-refractivity contribution in [1.82, 2.24) is 9.80 Å². The van der Waals surface area contributed by atoms with Crippen LogP contribution in [0.2, 0.25) is 0 Å². The summed E-state index contributed by atoms with van der Waals surface area (Å²) in [4.78, 5) is 17.3. The lowest BCUT2D eigenvalue weighted by Gasteiger charge is -2.39. The van der Waals surface area contributed by atoms with Crippen molar-refractivity contribution in [3.63, 3.8) is 0 Å². The molecule has 5 rings (SSSR count). The van der Waals surface area contributed by atoms with Crippen molar-refractivity contribution in [2.75, 3.05) is 32.8 Å². The molecule has 1 aliphatic carbocycles. The van der Waals surface area contributed by atoms with Crippen molar-refractivity contribution < 1.29 is 18.3 Å². The quantitative estimate of drug-likeness (QED) is 0.747. The Balaban J connectivity index is 1.16. The number of carbonyl (C=O) groups is 1. The van der Waals surface area contributed by atoms with E-state index in [0.29, 0.717) is 18.9 Å². The average Bonchev–Trinajstić information content (AvgIpc) is 3.35. The molecule has 3 aliphatic heterocycles. The highest BCUT2D eigenvalue weighted by Gasteiger charge is 2.40. The molecule has 3 heterocycles. The minimum Gasteiger partial charge on any atom is -0.370 e. The van der Waals surface area contributed by atoms with Crippen molar-refractivity contribution in [2.45, 2.75) is 56.7 Å². The van der Waals surface area contributed by atoms with Crippen LogP contribution in [0.15, 0.2) is 29.3 Å². The summed E-state index contributed by atoms with van der Waals surface area (Å²) in [6.45, 7) is 3.61. The predicted octanol–water partition coefficient (Wildman–Crippen LogP) is 3.16. The van der Waals surface area contributed by atoms with Gasteiger partial charge in [0.05, 0.1) is 6.61 Å². The zero-order valence-electron chi connectivity index (χ0n) is 17.9. The zero-order valence-corrected chi connectivity index (χ0v) is 17.9. The third kappa shape index (κ3) is 4.15. The van der Waals surface area contributed by atoms with Gasteiger partial charge in [0.2, 0.25) is 5.91 Å². The lowest BCUT2D eigenvalue weighted by molar-refractivity contribution is -0.135. The fourth-order valence-electron chi connectivity index (χ4n) is 5.78. The molecular formula is C24H31F2N3O2. The second kappa shape index (κ2) is 8.60. The lowest BCUT2D eigenvalue weighted by Crippen LogP contribution is -2.49. The van der Waals surface area contributed by atoms with Crippen LogP contribution in [0.25, 0.3) is 0 Å². The molecule has 31 heavy (non-hydrogen) atoms. The Kier molecular flexibility index (Phi) is 5.84. The Bertz CT molecular complexity index is 866. The first-order chi connectivity index (χ1) is 15.0. The summed E-state index contributed by atoms with van der Waals surface area (Å²) in [5, 5.41) is 0. The van der Waals surface area contributed by atoms with E-state index in [2.05, 4.69) is 4.90 Å². The molecule has 1 amide bonds. The van der Waals surface area contributed by atoms with E-state index in [0.717, 1.165) is 51.2 Å². The molecule has 168 valence electrons. The standard InChI is InChI=1S/C24H31F2N3O2/c25-18-6-7-21(26)20(8-18)23-22(27)9-19(14-31-23)28-10-16-12-29(13-17(16)11-28)24(30)15-4-2-1-3-5-15/h6-8,15,19,22-23H,1-5,9-14,27H2/t19-,22+,23-/m1/s1. The number of halogens is 2. The van der Waals surface area contributed by atoms with Crippen LogP contribution in [-0.2, 0) is 9.53 Å². The first kappa shape index (κ1) is 21.0. The summed E-state index contributed by atoms with van der Waals surface area (Å²) in [7, 11) is 0. The van der Waals surface area contributed by atoms with Gasteiger partial charge in [0.25, 0.3) is 0 Å². The minimum absolute atomic E-state index is 0.149. The van der Waals surface area contributed by atoms with E-state index in [1.54, 1.807) is 0 Å². The van der Waals surface area contributed by atoms with Crippen LogP contribution in [-0.4, -0.2) is 60.6 Å². The van der Waals surface area contributed by atoms with Crippen LogP contribution in [0.4, 0.5) is 8.78 Å². The normalized spacial score (nSPS) is 30.2. The van der Waals surface area contributed by atoms with E-state index in [1.807, 2.05) is 4.90 Å². The first-order valence-electron chi connectivity index (χ1n) is 11.5. The molecule has 2 fully saturated rings. The fraction of sp³-hybridized carbons (Fsp3) is 0.625. The number of hydrogen-bond acceptors (Lipinski definition) is 4. The number of carbonyl (C=O) groups excluding carboxylic acids is 1. The van der Waals surface area contributed by atoms with Crippen LogP contribution < -0.4 is 5.73 Å². The second-order valence-electron chi connectivity index (χ2n) is 9.61. The van der Waals surface area contributed by atoms with Gasteiger partial charge < -0.3 is 15.4 Å². The Hall–Kier alpha value is -1.83. The van der Waals surface area contributed by atoms with Crippen molar-refractivity contribution >= 4 is 5.91 Å². The molecule has 0 spiro atoms. The van der Waals surface area contributed by atoms with Crippen molar-refractivity contribution in [1.29, 1.82) is 0 Å². The Morgan fingerprint density at radius 2 is 1.74 bits per heavy atom. The SMILES string of the molecule is N[C@H]1C[C@@H](N2CC3=C(CN(C(=O)C4CCCCC4)C3)C2)CO[C@@H]1c1cc(F)ccc1F. The summed E-state index contributed by atoms with van der Waals surface area (Å²) in [6.07, 6.45) is 5.73. The number of rotatable bonds is 3. The van der Waals surface area contributed by atoms with Crippen molar-refractivity contribution in [3.05, 3.63) is 46.5 Å².